The molecule has 5 unspecified atom stereocenters. The number of ether oxygens (including phenoxy) is 2. The Morgan fingerprint density at radius 2 is 1.13 bits per heavy atom. The largest absolute Gasteiger partial charge is 0.380 e. The highest BCUT2D eigenvalue weighted by molar-refractivity contribution is 5.25. The van der Waals surface area contributed by atoms with Crippen LogP contribution in [0.5, 0.6) is 0 Å². The second-order valence-electron chi connectivity index (χ2n) is 14.1. The van der Waals surface area contributed by atoms with Gasteiger partial charge in [-0.1, -0.05) is 86.1 Å². The predicted molar refractivity (Wildman–Crippen MR) is 236 cm³/mol. The molecular weight excluding hydrogens is 695 g/mol. The molecule has 1 aromatic rings. The molecule has 0 bridgehead atoms. The van der Waals surface area contributed by atoms with Gasteiger partial charge in [0.05, 0.1) is 25.5 Å². The van der Waals surface area contributed by atoms with Crippen molar-refractivity contribution in [1.82, 2.24) is 24.5 Å². The minimum absolute atomic E-state index is 0. The Bertz CT molecular complexity index is 895. The first-order chi connectivity index (χ1) is 26.0. The maximum atomic E-state index is 5.61. The highest BCUT2D eigenvalue weighted by Crippen LogP contribution is 2.28. The fourth-order valence-electron chi connectivity index (χ4n) is 5.84. The molecule has 0 radical (unpaired) electrons. The molecule has 1 saturated heterocycles. The van der Waals surface area contributed by atoms with Crippen LogP contribution in [0.3, 0.4) is 0 Å². The van der Waals surface area contributed by atoms with Gasteiger partial charge in [-0.3, -0.25) is 24.5 Å². The zero-order chi connectivity index (χ0) is 41.3. The molecule has 0 aromatic heterocycles. The highest BCUT2D eigenvalue weighted by atomic mass is 16.5. The van der Waals surface area contributed by atoms with Gasteiger partial charge in [-0.15, -0.1) is 0 Å². The van der Waals surface area contributed by atoms with Crippen LogP contribution in [0.1, 0.15) is 105 Å². The summed E-state index contributed by atoms with van der Waals surface area (Å²) < 4.78 is 10.7. The zero-order valence-corrected chi connectivity index (χ0v) is 36.0. The Morgan fingerprint density at radius 1 is 0.655 bits per heavy atom. The summed E-state index contributed by atoms with van der Waals surface area (Å²) in [4.78, 5) is 10.4. The van der Waals surface area contributed by atoms with E-state index in [4.69, 9.17) is 55.3 Å². The second-order valence-corrected chi connectivity index (χ2v) is 14.1. The van der Waals surface area contributed by atoms with Crippen LogP contribution in [0.25, 0.3) is 0 Å². The van der Waals surface area contributed by atoms with Gasteiger partial charge in [0.25, 0.3) is 0 Å². The van der Waals surface area contributed by atoms with Gasteiger partial charge in [0, 0.05) is 93.2 Å². The smallest absolute Gasteiger partial charge is 0.0696 e. The molecule has 1 heterocycles. The maximum Gasteiger partial charge on any atom is 0.0696 e. The third-order valence-electron chi connectivity index (χ3n) is 10.4. The van der Waals surface area contributed by atoms with Crippen LogP contribution in [0.4, 0.5) is 0 Å². The number of nitrogens with zero attached hydrogens (tertiary/aromatic N) is 5. The first-order valence-corrected chi connectivity index (χ1v) is 20.4. The van der Waals surface area contributed by atoms with Crippen molar-refractivity contribution in [3.8, 4) is 0 Å². The summed E-state index contributed by atoms with van der Waals surface area (Å²) in [6.07, 6.45) is 6.39. The van der Waals surface area contributed by atoms with E-state index in [1.54, 1.807) is 7.11 Å². The Morgan fingerprint density at radius 3 is 1.49 bits per heavy atom. The number of benzene rings is 1. The number of hydrogen-bond donors (Lipinski definition) is 8. The molecule has 15 heteroatoms. The van der Waals surface area contributed by atoms with Crippen molar-refractivity contribution < 1.29 is 9.47 Å². The van der Waals surface area contributed by atoms with Gasteiger partial charge in [0.2, 0.25) is 0 Å². The Balaban J connectivity index is -0.000000660. The van der Waals surface area contributed by atoms with Gasteiger partial charge in [-0.25, -0.2) is 0 Å². The van der Waals surface area contributed by atoms with Crippen LogP contribution < -0.4 is 45.9 Å². The van der Waals surface area contributed by atoms with Gasteiger partial charge in [0.15, 0.2) is 0 Å². The van der Waals surface area contributed by atoms with Crippen molar-refractivity contribution in [1.29, 1.82) is 0 Å². The molecule has 0 saturated carbocycles. The molecule has 5 atom stereocenters. The molecule has 15 nitrogen and oxygen atoms in total. The van der Waals surface area contributed by atoms with Crippen molar-refractivity contribution in [3.05, 3.63) is 35.4 Å². The van der Waals surface area contributed by atoms with Crippen LogP contribution in [0.15, 0.2) is 24.3 Å². The van der Waals surface area contributed by atoms with Crippen molar-refractivity contribution in [2.45, 2.75) is 113 Å². The van der Waals surface area contributed by atoms with Crippen LogP contribution in [-0.2, 0) is 16.0 Å². The Hall–Kier alpha value is -1.38. The number of nitrogens with two attached hydrogens (primary N) is 8. The normalized spacial score (nSPS) is 17.2. The number of methoxy groups -OCH3 is 1. The van der Waals surface area contributed by atoms with Crippen LogP contribution in [-0.4, -0.2) is 137 Å². The van der Waals surface area contributed by atoms with E-state index < -0.39 is 0 Å². The molecule has 1 aliphatic heterocycles. The highest BCUT2D eigenvalue weighted by Gasteiger charge is 2.30. The van der Waals surface area contributed by atoms with Gasteiger partial charge in [-0.2, -0.15) is 0 Å². The Labute approximate surface area is 339 Å². The van der Waals surface area contributed by atoms with E-state index in [1.807, 2.05) is 14.7 Å². The van der Waals surface area contributed by atoms with E-state index in [-0.39, 0.29) is 13.5 Å². The quantitative estimate of drug-likeness (QED) is 0.0664. The van der Waals surface area contributed by atoms with Crippen LogP contribution in [0, 0.1) is 11.8 Å². The molecule has 330 valence electrons. The lowest BCUT2D eigenvalue weighted by molar-refractivity contribution is 0.0471. The van der Waals surface area contributed by atoms with Gasteiger partial charge in [0.1, 0.15) is 0 Å². The molecule has 0 spiro atoms. The molecule has 55 heavy (non-hydrogen) atoms. The minimum atomic E-state index is 0. The molecule has 0 amide bonds. The van der Waals surface area contributed by atoms with Crippen LogP contribution in [0.2, 0.25) is 0 Å². The lowest BCUT2D eigenvalue weighted by Crippen LogP contribution is -2.43. The van der Waals surface area contributed by atoms with E-state index >= 15 is 0 Å². The molecule has 1 aromatic carbocycles. The van der Waals surface area contributed by atoms with Crippen LogP contribution >= 0.6 is 0 Å². The third-order valence-corrected chi connectivity index (χ3v) is 10.4. The number of rotatable bonds is 25. The molecule has 1 aliphatic rings. The molecule has 1 fully saturated rings. The molecular formula is C40H93N13O2. The lowest BCUT2D eigenvalue weighted by Gasteiger charge is -2.24. The first kappa shape index (κ1) is 57.9. The van der Waals surface area contributed by atoms with Crippen molar-refractivity contribution in [2.24, 2.45) is 57.7 Å². The monoisotopic (exact) mass is 788 g/mol. The third kappa shape index (κ3) is 27.0. The van der Waals surface area contributed by atoms with Crippen molar-refractivity contribution in [2.75, 3.05) is 99.9 Å². The summed E-state index contributed by atoms with van der Waals surface area (Å²) in [7, 11) is 1.71. The molecule has 2 rings (SSSR count). The summed E-state index contributed by atoms with van der Waals surface area (Å²) in [5, 5.41) is 0. The van der Waals surface area contributed by atoms with E-state index in [2.05, 4.69) is 82.5 Å². The van der Waals surface area contributed by atoms with Crippen molar-refractivity contribution in [3.63, 3.8) is 0 Å². The fourth-order valence-corrected chi connectivity index (χ4v) is 5.84. The summed E-state index contributed by atoms with van der Waals surface area (Å²) >= 11 is 0. The number of likely N-dealkylation sites (tertiary alicyclic amines) is 1. The topological polar surface area (TPSA) is 243 Å². The van der Waals surface area contributed by atoms with Gasteiger partial charge < -0.3 is 55.3 Å². The lowest BCUT2D eigenvalue weighted by atomic mass is 9.92. The van der Waals surface area contributed by atoms with E-state index in [9.17, 15) is 0 Å². The number of hydrogen-bond acceptors (Lipinski definition) is 15. The van der Waals surface area contributed by atoms with E-state index in [0.717, 1.165) is 51.0 Å². The fraction of sp³-hybridized carbons (Fsp3) is 0.850. The maximum absolute atomic E-state index is 5.61. The van der Waals surface area contributed by atoms with E-state index in [1.165, 1.54) is 43.5 Å². The average molecular weight is 788 g/mol. The second kappa shape index (κ2) is 38.2. The summed E-state index contributed by atoms with van der Waals surface area (Å²) in [5.74, 6) is 2.37. The predicted octanol–water partition coefficient (Wildman–Crippen LogP) is 2.40. The average Bonchev–Trinajstić information content (AvgIpc) is 3.63. The minimum Gasteiger partial charge on any atom is -0.380 e. The van der Waals surface area contributed by atoms with E-state index in [0.29, 0.717) is 72.0 Å². The Kier molecular flexibility index (Phi) is 40.2. The van der Waals surface area contributed by atoms with Gasteiger partial charge in [-0.05, 0) is 55.1 Å². The van der Waals surface area contributed by atoms with Crippen molar-refractivity contribution >= 4 is 0 Å². The molecule has 0 aliphatic carbocycles. The SMILES string of the molecule is C.CCC(C)OCCN(CN)CN.CCC(C)c1ccc(CN(CN)CN)cc1.CCC(CN(CN)CN)OC.CCC1CN(CN(CN)CN)CC1CC. The summed E-state index contributed by atoms with van der Waals surface area (Å²) in [5.41, 5.74) is 46.8. The first-order valence-electron chi connectivity index (χ1n) is 20.4. The zero-order valence-electron chi connectivity index (χ0n) is 36.0. The molecule has 16 N–H and O–H groups in total. The summed E-state index contributed by atoms with van der Waals surface area (Å²) in [6.45, 7) is 25.9. The van der Waals surface area contributed by atoms with Gasteiger partial charge >= 0.3 is 0 Å². The standard InChI is InChI=1S/C13H23N3.C11H26N4.C8H21N3O.C7H19N3O.CH4/c1-3-11(2)13-6-4-12(5-7-13)8-16(9-14)10-15;1-3-10-5-14(6-11(10)4-2)9-15(7-12)8-13;1-3-8(2)12-5-4-11(6-9)7-10;1-3-7(11-2)4-10(5-8)6-9;/h4-7,11H,3,8-10,14-15H2,1-2H3;10-11H,3-9,12-13H2,1-2H3;8H,3-7,9-10H2,1-2H3;7H,3-6,8-9H2,1-2H3;1H4. The summed E-state index contributed by atoms with van der Waals surface area (Å²) in [6, 6.07) is 8.74.